The maximum absolute atomic E-state index is 12.7. The van der Waals surface area contributed by atoms with Gasteiger partial charge in [-0.2, -0.15) is 0 Å². The molecule has 0 bridgehead atoms. The molecule has 5 nitrogen and oxygen atoms in total. The first kappa shape index (κ1) is 18.4. The van der Waals surface area contributed by atoms with E-state index in [0.29, 0.717) is 33.7 Å². The molecule has 0 aliphatic carbocycles. The van der Waals surface area contributed by atoms with Crippen LogP contribution in [0.4, 0.5) is 10.5 Å². The minimum Gasteiger partial charge on any atom is -0.493 e. The van der Waals surface area contributed by atoms with E-state index in [9.17, 15) is 9.59 Å². The first-order valence-corrected chi connectivity index (χ1v) is 9.07. The summed E-state index contributed by atoms with van der Waals surface area (Å²) in [5.74, 6) is 0.829. The molecule has 0 unspecified atom stereocenters. The van der Waals surface area contributed by atoms with E-state index < -0.39 is 0 Å². The van der Waals surface area contributed by atoms with Crippen molar-refractivity contribution < 1.29 is 19.1 Å². The summed E-state index contributed by atoms with van der Waals surface area (Å²) < 4.78 is 10.8. The Morgan fingerprint density at radius 2 is 1.85 bits per heavy atom. The fourth-order valence-electron chi connectivity index (χ4n) is 2.48. The Morgan fingerprint density at radius 3 is 2.50 bits per heavy atom. The molecule has 0 radical (unpaired) electrons. The third kappa shape index (κ3) is 3.71. The Labute approximate surface area is 160 Å². The van der Waals surface area contributed by atoms with Crippen molar-refractivity contribution >= 4 is 46.3 Å². The van der Waals surface area contributed by atoms with E-state index in [-0.39, 0.29) is 11.1 Å². The topological polar surface area (TPSA) is 55.8 Å². The van der Waals surface area contributed by atoms with Crippen LogP contribution >= 0.6 is 23.4 Å². The number of benzene rings is 2. The molecule has 26 heavy (non-hydrogen) atoms. The highest BCUT2D eigenvalue weighted by Crippen LogP contribution is 2.37. The van der Waals surface area contributed by atoms with Crippen LogP contribution in [0.1, 0.15) is 12.5 Å². The first-order chi connectivity index (χ1) is 12.5. The molecule has 3 rings (SSSR count). The van der Waals surface area contributed by atoms with Gasteiger partial charge in [-0.1, -0.05) is 17.7 Å². The third-order valence-electron chi connectivity index (χ3n) is 3.66. The number of carbonyl (C=O) groups excluding carboxylic acids is 2. The van der Waals surface area contributed by atoms with Crippen molar-refractivity contribution in [3.8, 4) is 11.5 Å². The van der Waals surface area contributed by atoms with E-state index in [4.69, 9.17) is 21.1 Å². The fourth-order valence-corrected chi connectivity index (χ4v) is 3.45. The van der Waals surface area contributed by atoms with Crippen LogP contribution < -0.4 is 14.4 Å². The van der Waals surface area contributed by atoms with Gasteiger partial charge in [-0.05, 0) is 66.7 Å². The van der Waals surface area contributed by atoms with Gasteiger partial charge >= 0.3 is 0 Å². The smallest absolute Gasteiger partial charge is 0.298 e. The van der Waals surface area contributed by atoms with Crippen molar-refractivity contribution in [3.63, 3.8) is 0 Å². The molecular weight excluding hydrogens is 374 g/mol. The standard InChI is InChI=1S/C19H16ClNO4S/c1-3-25-16-10-12(4-9-15(16)24-2)11-17-18(22)21(19(23)26-17)14-7-5-13(20)6-8-14/h4-11H,3H2,1-2H3. The van der Waals surface area contributed by atoms with Crippen LogP contribution in [0.15, 0.2) is 47.4 Å². The summed E-state index contributed by atoms with van der Waals surface area (Å²) in [6, 6.07) is 11.9. The van der Waals surface area contributed by atoms with Crippen LogP contribution in [-0.2, 0) is 4.79 Å². The number of anilines is 1. The molecule has 1 saturated heterocycles. The molecule has 1 aliphatic rings. The van der Waals surface area contributed by atoms with Crippen LogP contribution in [0, 0.1) is 0 Å². The van der Waals surface area contributed by atoms with Gasteiger partial charge in [0.1, 0.15) is 0 Å². The average molecular weight is 390 g/mol. The maximum Gasteiger partial charge on any atom is 0.298 e. The zero-order valence-corrected chi connectivity index (χ0v) is 15.8. The SMILES string of the molecule is CCOc1cc(C=C2SC(=O)N(c3ccc(Cl)cc3)C2=O)ccc1OC. The second-order valence-corrected chi connectivity index (χ2v) is 6.77. The molecule has 0 spiro atoms. The summed E-state index contributed by atoms with van der Waals surface area (Å²) in [6.45, 7) is 2.37. The van der Waals surface area contributed by atoms with Crippen molar-refractivity contribution in [1.29, 1.82) is 0 Å². The van der Waals surface area contributed by atoms with E-state index in [0.717, 1.165) is 22.2 Å². The van der Waals surface area contributed by atoms with Gasteiger partial charge in [0.25, 0.3) is 11.1 Å². The molecule has 1 heterocycles. The lowest BCUT2D eigenvalue weighted by Crippen LogP contribution is -2.27. The van der Waals surface area contributed by atoms with Crippen LogP contribution in [-0.4, -0.2) is 24.9 Å². The summed E-state index contributed by atoms with van der Waals surface area (Å²) >= 11 is 6.76. The Hall–Kier alpha value is -2.44. The van der Waals surface area contributed by atoms with Crippen molar-refractivity contribution in [2.24, 2.45) is 0 Å². The molecule has 1 fully saturated rings. The zero-order valence-electron chi connectivity index (χ0n) is 14.2. The zero-order chi connectivity index (χ0) is 18.7. The molecule has 0 N–H and O–H groups in total. The number of nitrogens with zero attached hydrogens (tertiary/aromatic N) is 1. The number of imide groups is 1. The Balaban J connectivity index is 1.90. The average Bonchev–Trinajstić information content (AvgIpc) is 2.90. The van der Waals surface area contributed by atoms with Gasteiger partial charge in [-0.15, -0.1) is 0 Å². The Morgan fingerprint density at radius 1 is 1.12 bits per heavy atom. The monoisotopic (exact) mass is 389 g/mol. The maximum atomic E-state index is 12.7. The van der Waals surface area contributed by atoms with Gasteiger partial charge in [-0.3, -0.25) is 9.59 Å². The van der Waals surface area contributed by atoms with Gasteiger partial charge < -0.3 is 9.47 Å². The summed E-state index contributed by atoms with van der Waals surface area (Å²) in [6.07, 6.45) is 1.67. The second-order valence-electron chi connectivity index (χ2n) is 5.34. The van der Waals surface area contributed by atoms with E-state index in [1.807, 2.05) is 6.92 Å². The summed E-state index contributed by atoms with van der Waals surface area (Å²) in [5, 5.41) is 0.195. The number of carbonyl (C=O) groups is 2. The lowest BCUT2D eigenvalue weighted by atomic mass is 10.2. The van der Waals surface area contributed by atoms with Crippen molar-refractivity contribution in [1.82, 2.24) is 0 Å². The molecule has 2 aromatic rings. The van der Waals surface area contributed by atoms with Crippen molar-refractivity contribution in [2.75, 3.05) is 18.6 Å². The molecule has 1 aliphatic heterocycles. The fraction of sp³-hybridized carbons (Fsp3) is 0.158. The molecule has 0 saturated carbocycles. The largest absolute Gasteiger partial charge is 0.493 e. The number of methoxy groups -OCH3 is 1. The molecule has 0 atom stereocenters. The molecular formula is C19H16ClNO4S. The number of hydrogen-bond acceptors (Lipinski definition) is 5. The predicted octanol–water partition coefficient (Wildman–Crippen LogP) is 4.99. The van der Waals surface area contributed by atoms with Gasteiger partial charge in [0.15, 0.2) is 11.5 Å². The number of ether oxygens (including phenoxy) is 2. The van der Waals surface area contributed by atoms with E-state index in [1.54, 1.807) is 55.7 Å². The van der Waals surface area contributed by atoms with Gasteiger partial charge in [-0.25, -0.2) is 4.90 Å². The minimum absolute atomic E-state index is 0.345. The molecule has 134 valence electrons. The van der Waals surface area contributed by atoms with Crippen molar-refractivity contribution in [3.05, 3.63) is 58.0 Å². The number of amides is 2. The Kier molecular flexibility index (Phi) is 5.54. The highest BCUT2D eigenvalue weighted by molar-refractivity contribution is 8.19. The van der Waals surface area contributed by atoms with E-state index in [2.05, 4.69) is 0 Å². The number of hydrogen-bond donors (Lipinski definition) is 0. The quantitative estimate of drug-likeness (QED) is 0.674. The lowest BCUT2D eigenvalue weighted by molar-refractivity contribution is -0.113. The van der Waals surface area contributed by atoms with Crippen LogP contribution in [0.3, 0.4) is 0 Å². The summed E-state index contributed by atoms with van der Waals surface area (Å²) in [5.41, 5.74) is 1.24. The van der Waals surface area contributed by atoms with Gasteiger partial charge in [0, 0.05) is 5.02 Å². The van der Waals surface area contributed by atoms with Gasteiger partial charge in [0.05, 0.1) is 24.3 Å². The number of halogens is 1. The minimum atomic E-state index is -0.365. The highest BCUT2D eigenvalue weighted by atomic mass is 35.5. The predicted molar refractivity (Wildman–Crippen MR) is 104 cm³/mol. The third-order valence-corrected chi connectivity index (χ3v) is 4.79. The summed E-state index contributed by atoms with van der Waals surface area (Å²) in [7, 11) is 1.56. The molecule has 0 aromatic heterocycles. The summed E-state index contributed by atoms with van der Waals surface area (Å²) in [4.78, 5) is 26.4. The Bertz CT molecular complexity index is 880. The van der Waals surface area contributed by atoms with Crippen LogP contribution in [0.25, 0.3) is 6.08 Å². The van der Waals surface area contributed by atoms with Crippen molar-refractivity contribution in [2.45, 2.75) is 6.92 Å². The van der Waals surface area contributed by atoms with Crippen LogP contribution in [0.2, 0.25) is 5.02 Å². The number of rotatable bonds is 5. The highest BCUT2D eigenvalue weighted by Gasteiger charge is 2.36. The van der Waals surface area contributed by atoms with Crippen LogP contribution in [0.5, 0.6) is 11.5 Å². The second kappa shape index (κ2) is 7.85. The molecule has 2 amide bonds. The lowest BCUT2D eigenvalue weighted by Gasteiger charge is -2.12. The molecule has 2 aromatic carbocycles. The first-order valence-electron chi connectivity index (χ1n) is 7.88. The molecule has 7 heteroatoms. The normalized spacial score (nSPS) is 15.7. The van der Waals surface area contributed by atoms with Gasteiger partial charge in [0.2, 0.25) is 0 Å². The number of thioether (sulfide) groups is 1. The van der Waals surface area contributed by atoms with E-state index >= 15 is 0 Å². The van der Waals surface area contributed by atoms with E-state index in [1.165, 1.54) is 0 Å².